The van der Waals surface area contributed by atoms with Gasteiger partial charge in [-0.25, -0.2) is 9.59 Å². The highest BCUT2D eigenvalue weighted by molar-refractivity contribution is 7.99. The summed E-state index contributed by atoms with van der Waals surface area (Å²) >= 11 is 1.49. The topological polar surface area (TPSA) is 69.6 Å². The quantitative estimate of drug-likeness (QED) is 0.816. The third kappa shape index (κ3) is 3.55. The van der Waals surface area contributed by atoms with Gasteiger partial charge in [-0.05, 0) is 31.1 Å². The number of carboxylic acid groups (broad SMARTS) is 1. The molecule has 1 aliphatic heterocycles. The van der Waals surface area contributed by atoms with Gasteiger partial charge < -0.3 is 15.3 Å². The van der Waals surface area contributed by atoms with Crippen LogP contribution in [0.15, 0.2) is 0 Å². The summed E-state index contributed by atoms with van der Waals surface area (Å²) in [6, 6.07) is -0.701. The predicted molar refractivity (Wildman–Crippen MR) is 75.2 cm³/mol. The molecule has 0 spiro atoms. The molecular formula is C13H22N2O3S. The first kappa shape index (κ1) is 14.5. The van der Waals surface area contributed by atoms with Gasteiger partial charge in [0, 0.05) is 11.8 Å². The fourth-order valence-electron chi connectivity index (χ4n) is 2.65. The first-order chi connectivity index (χ1) is 8.89. The molecular weight excluding hydrogens is 264 g/mol. The lowest BCUT2D eigenvalue weighted by molar-refractivity contribution is -0.140. The minimum atomic E-state index is -0.912. The number of nitrogens with one attached hydrogen (secondary N) is 1. The number of rotatable bonds is 2. The van der Waals surface area contributed by atoms with Crippen molar-refractivity contribution in [3.63, 3.8) is 0 Å². The van der Waals surface area contributed by atoms with E-state index in [9.17, 15) is 9.59 Å². The largest absolute Gasteiger partial charge is 0.480 e. The van der Waals surface area contributed by atoms with Crippen LogP contribution in [0.1, 0.15) is 39.5 Å². The molecule has 1 saturated carbocycles. The van der Waals surface area contributed by atoms with Crippen molar-refractivity contribution in [3.05, 3.63) is 0 Å². The van der Waals surface area contributed by atoms with E-state index in [1.807, 2.05) is 0 Å². The molecule has 2 N–H and O–H groups in total. The standard InChI is InChI=1S/C13H22N2O3S/c1-13(2)5-3-9(4-6-13)14-12(18)15-8-19-7-10(15)11(16)17/h9-10H,3-8H2,1-2H3,(H,14,18)(H,16,17). The van der Waals surface area contributed by atoms with Gasteiger partial charge in [0.2, 0.25) is 0 Å². The van der Waals surface area contributed by atoms with Gasteiger partial charge in [-0.2, -0.15) is 0 Å². The molecule has 1 atom stereocenters. The van der Waals surface area contributed by atoms with Crippen molar-refractivity contribution < 1.29 is 14.7 Å². The van der Waals surface area contributed by atoms with Gasteiger partial charge in [-0.15, -0.1) is 11.8 Å². The van der Waals surface area contributed by atoms with Gasteiger partial charge in [0.25, 0.3) is 0 Å². The maximum absolute atomic E-state index is 12.1. The van der Waals surface area contributed by atoms with Gasteiger partial charge >= 0.3 is 12.0 Å². The van der Waals surface area contributed by atoms with E-state index in [0.29, 0.717) is 17.0 Å². The molecule has 1 heterocycles. The summed E-state index contributed by atoms with van der Waals surface area (Å²) in [5.41, 5.74) is 0.369. The van der Waals surface area contributed by atoms with E-state index in [1.165, 1.54) is 16.7 Å². The molecule has 108 valence electrons. The second kappa shape index (κ2) is 5.61. The Bertz CT molecular complexity index is 363. The molecule has 2 amide bonds. The van der Waals surface area contributed by atoms with Crippen molar-refractivity contribution in [2.45, 2.75) is 51.6 Å². The van der Waals surface area contributed by atoms with Crippen LogP contribution in [0.5, 0.6) is 0 Å². The Balaban J connectivity index is 1.86. The third-order valence-electron chi connectivity index (χ3n) is 4.09. The molecule has 2 fully saturated rings. The normalized spacial score (nSPS) is 27.3. The van der Waals surface area contributed by atoms with E-state index in [1.54, 1.807) is 0 Å². The first-order valence-corrected chi connectivity index (χ1v) is 7.92. The number of thioether (sulfide) groups is 1. The van der Waals surface area contributed by atoms with Crippen molar-refractivity contribution in [1.82, 2.24) is 10.2 Å². The van der Waals surface area contributed by atoms with Crippen LogP contribution in [0.3, 0.4) is 0 Å². The molecule has 6 heteroatoms. The van der Waals surface area contributed by atoms with E-state index >= 15 is 0 Å². The van der Waals surface area contributed by atoms with E-state index in [2.05, 4.69) is 19.2 Å². The Hall–Kier alpha value is -0.910. The van der Waals surface area contributed by atoms with E-state index in [4.69, 9.17) is 5.11 Å². The monoisotopic (exact) mass is 286 g/mol. The number of nitrogens with zero attached hydrogens (tertiary/aromatic N) is 1. The Morgan fingerprint density at radius 1 is 1.32 bits per heavy atom. The fraction of sp³-hybridized carbons (Fsp3) is 0.846. The van der Waals surface area contributed by atoms with Gasteiger partial charge in [-0.1, -0.05) is 13.8 Å². The number of urea groups is 1. The molecule has 1 unspecified atom stereocenters. The Labute approximate surface area is 118 Å². The lowest BCUT2D eigenvalue weighted by Gasteiger charge is -2.35. The molecule has 1 saturated heterocycles. The third-order valence-corrected chi connectivity index (χ3v) is 5.11. The second-order valence-corrected chi connectivity index (χ2v) is 7.21. The van der Waals surface area contributed by atoms with E-state index < -0.39 is 12.0 Å². The van der Waals surface area contributed by atoms with E-state index in [0.717, 1.165) is 25.7 Å². The lowest BCUT2D eigenvalue weighted by atomic mass is 9.75. The zero-order chi connectivity index (χ0) is 14.0. The minimum absolute atomic E-state index is 0.195. The molecule has 19 heavy (non-hydrogen) atoms. The number of hydrogen-bond acceptors (Lipinski definition) is 3. The molecule has 0 radical (unpaired) electrons. The van der Waals surface area contributed by atoms with Crippen molar-refractivity contribution in [2.24, 2.45) is 5.41 Å². The Morgan fingerprint density at radius 3 is 2.53 bits per heavy atom. The number of carbonyl (C=O) groups excluding carboxylic acids is 1. The Kier molecular flexibility index (Phi) is 4.28. The van der Waals surface area contributed by atoms with Crippen LogP contribution < -0.4 is 5.32 Å². The van der Waals surface area contributed by atoms with Crippen LogP contribution in [0, 0.1) is 5.41 Å². The summed E-state index contributed by atoms with van der Waals surface area (Å²) in [7, 11) is 0. The van der Waals surface area contributed by atoms with Gasteiger partial charge in [-0.3, -0.25) is 0 Å². The van der Waals surface area contributed by atoms with Crippen molar-refractivity contribution in [1.29, 1.82) is 0 Å². The highest BCUT2D eigenvalue weighted by Crippen LogP contribution is 2.35. The maximum Gasteiger partial charge on any atom is 0.327 e. The summed E-state index contributed by atoms with van der Waals surface area (Å²) in [5.74, 6) is 0.0477. The molecule has 0 aromatic heterocycles. The summed E-state index contributed by atoms with van der Waals surface area (Å²) in [4.78, 5) is 24.6. The summed E-state index contributed by atoms with van der Waals surface area (Å²) in [6.45, 7) is 4.51. The van der Waals surface area contributed by atoms with Crippen LogP contribution in [0.25, 0.3) is 0 Å². The summed E-state index contributed by atoms with van der Waals surface area (Å²) in [6.07, 6.45) is 4.18. The zero-order valence-electron chi connectivity index (χ0n) is 11.5. The Morgan fingerprint density at radius 2 is 1.95 bits per heavy atom. The summed E-state index contributed by atoms with van der Waals surface area (Å²) in [5, 5.41) is 12.1. The molecule has 0 bridgehead atoms. The van der Waals surface area contributed by atoms with E-state index in [-0.39, 0.29) is 12.1 Å². The van der Waals surface area contributed by atoms with Crippen LogP contribution in [0.2, 0.25) is 0 Å². The van der Waals surface area contributed by atoms with Crippen LogP contribution in [0.4, 0.5) is 4.79 Å². The number of carbonyl (C=O) groups is 2. The minimum Gasteiger partial charge on any atom is -0.480 e. The molecule has 0 aromatic carbocycles. The molecule has 1 aliphatic carbocycles. The zero-order valence-corrected chi connectivity index (χ0v) is 12.3. The summed E-state index contributed by atoms with van der Waals surface area (Å²) < 4.78 is 0. The second-order valence-electron chi connectivity index (χ2n) is 6.21. The number of aliphatic carboxylic acids is 1. The molecule has 5 nitrogen and oxygen atoms in total. The smallest absolute Gasteiger partial charge is 0.327 e. The van der Waals surface area contributed by atoms with Crippen molar-refractivity contribution in [2.75, 3.05) is 11.6 Å². The lowest BCUT2D eigenvalue weighted by Crippen LogP contribution is -2.50. The average Bonchev–Trinajstić information content (AvgIpc) is 2.81. The van der Waals surface area contributed by atoms with Gasteiger partial charge in [0.05, 0.1) is 5.88 Å². The predicted octanol–water partition coefficient (Wildman–Crippen LogP) is 2.12. The first-order valence-electron chi connectivity index (χ1n) is 6.77. The van der Waals surface area contributed by atoms with Crippen LogP contribution in [-0.2, 0) is 4.79 Å². The van der Waals surface area contributed by atoms with Crippen LogP contribution in [-0.4, -0.2) is 45.7 Å². The highest BCUT2D eigenvalue weighted by Gasteiger charge is 2.36. The molecule has 2 rings (SSSR count). The molecule has 2 aliphatic rings. The van der Waals surface area contributed by atoms with Gasteiger partial charge in [0.1, 0.15) is 6.04 Å². The molecule has 0 aromatic rings. The number of carboxylic acids is 1. The fourth-order valence-corrected chi connectivity index (χ4v) is 3.79. The SMILES string of the molecule is CC1(C)CCC(NC(=O)N2CSCC2C(=O)O)CC1. The van der Waals surface area contributed by atoms with Gasteiger partial charge in [0.15, 0.2) is 0 Å². The highest BCUT2D eigenvalue weighted by atomic mass is 32.2. The van der Waals surface area contributed by atoms with Crippen molar-refractivity contribution >= 4 is 23.8 Å². The maximum atomic E-state index is 12.1. The van der Waals surface area contributed by atoms with Crippen LogP contribution >= 0.6 is 11.8 Å². The average molecular weight is 286 g/mol. The number of amides is 2. The van der Waals surface area contributed by atoms with Crippen molar-refractivity contribution in [3.8, 4) is 0 Å². The number of hydrogen-bond donors (Lipinski definition) is 2.